The quantitative estimate of drug-likeness (QED) is 0.903. The lowest BCUT2D eigenvalue weighted by Crippen LogP contribution is -2.00. The fraction of sp³-hybridized carbons (Fsp3) is 0.0769. The van der Waals surface area contributed by atoms with Crippen LogP contribution < -0.4 is 5.32 Å². The van der Waals surface area contributed by atoms with Crippen LogP contribution in [-0.4, -0.2) is 11.1 Å². The van der Waals surface area contributed by atoms with Gasteiger partial charge >= 0.3 is 5.97 Å². The van der Waals surface area contributed by atoms with Crippen molar-refractivity contribution in [2.45, 2.75) is 6.54 Å². The zero-order valence-corrected chi connectivity index (χ0v) is 11.3. The molecule has 1 aromatic carbocycles. The number of halogens is 1. The van der Waals surface area contributed by atoms with E-state index in [1.165, 1.54) is 6.07 Å². The smallest absolute Gasteiger partial charge is 0.371 e. The summed E-state index contributed by atoms with van der Waals surface area (Å²) in [7, 11) is 0. The molecule has 5 nitrogen and oxygen atoms in total. The number of nitrogens with zero attached hydrogens (tertiary/aromatic N) is 1. The molecule has 2 aromatic rings. The minimum absolute atomic E-state index is 0.104. The van der Waals surface area contributed by atoms with E-state index in [-0.39, 0.29) is 5.76 Å². The topological polar surface area (TPSA) is 86.3 Å². The number of furan rings is 1. The number of benzene rings is 1. The average Bonchev–Trinajstić information content (AvgIpc) is 2.86. The van der Waals surface area contributed by atoms with Gasteiger partial charge in [-0.05, 0) is 30.3 Å². The lowest BCUT2D eigenvalue weighted by Gasteiger charge is -2.06. The highest BCUT2D eigenvalue weighted by molar-refractivity contribution is 9.10. The van der Waals surface area contributed by atoms with Crippen LogP contribution >= 0.6 is 15.9 Å². The van der Waals surface area contributed by atoms with Crippen molar-refractivity contribution in [1.82, 2.24) is 0 Å². The van der Waals surface area contributed by atoms with Crippen molar-refractivity contribution in [2.24, 2.45) is 0 Å². The van der Waals surface area contributed by atoms with E-state index in [2.05, 4.69) is 27.3 Å². The van der Waals surface area contributed by atoms with Gasteiger partial charge in [0.2, 0.25) is 5.76 Å². The number of anilines is 1. The molecule has 0 radical (unpaired) electrons. The minimum atomic E-state index is -1.10. The van der Waals surface area contributed by atoms with Gasteiger partial charge in [-0.1, -0.05) is 15.9 Å². The highest BCUT2D eigenvalue weighted by Crippen LogP contribution is 2.21. The summed E-state index contributed by atoms with van der Waals surface area (Å²) in [6, 6.07) is 10.3. The zero-order chi connectivity index (χ0) is 13.8. The number of hydrogen-bond donors (Lipinski definition) is 2. The van der Waals surface area contributed by atoms with Gasteiger partial charge in [0.15, 0.2) is 0 Å². The molecular weight excluding hydrogens is 312 g/mol. The molecule has 19 heavy (non-hydrogen) atoms. The average molecular weight is 321 g/mol. The number of aromatic carboxylic acids is 1. The van der Waals surface area contributed by atoms with Crippen LogP contribution in [0.1, 0.15) is 21.9 Å². The van der Waals surface area contributed by atoms with E-state index in [0.29, 0.717) is 23.6 Å². The normalized spacial score (nSPS) is 9.89. The highest BCUT2D eigenvalue weighted by atomic mass is 79.9. The third kappa shape index (κ3) is 3.14. The maximum absolute atomic E-state index is 10.7. The van der Waals surface area contributed by atoms with Crippen molar-refractivity contribution in [3.05, 3.63) is 51.9 Å². The largest absolute Gasteiger partial charge is 0.475 e. The summed E-state index contributed by atoms with van der Waals surface area (Å²) in [5, 5.41) is 20.8. The highest BCUT2D eigenvalue weighted by Gasteiger charge is 2.09. The first kappa shape index (κ1) is 13.2. The summed E-state index contributed by atoms with van der Waals surface area (Å²) in [6.45, 7) is 0.309. The Bertz CT molecular complexity index is 658. The van der Waals surface area contributed by atoms with Gasteiger partial charge in [-0.3, -0.25) is 0 Å². The predicted octanol–water partition coefficient (Wildman–Crippen LogP) is 3.22. The monoisotopic (exact) mass is 320 g/mol. The first-order valence-electron chi connectivity index (χ1n) is 5.35. The molecule has 1 aromatic heterocycles. The van der Waals surface area contributed by atoms with Gasteiger partial charge in [0.05, 0.1) is 17.8 Å². The second kappa shape index (κ2) is 5.59. The Labute approximate surface area is 117 Å². The molecule has 2 rings (SSSR count). The first-order valence-corrected chi connectivity index (χ1v) is 6.15. The molecular formula is C13H9BrN2O3. The molecule has 0 aliphatic carbocycles. The Morgan fingerprint density at radius 2 is 2.21 bits per heavy atom. The van der Waals surface area contributed by atoms with E-state index in [0.717, 1.165) is 4.47 Å². The van der Waals surface area contributed by atoms with Gasteiger partial charge in [0.25, 0.3) is 0 Å². The van der Waals surface area contributed by atoms with Crippen LogP contribution in [0.25, 0.3) is 0 Å². The summed E-state index contributed by atoms with van der Waals surface area (Å²) in [4.78, 5) is 10.7. The number of carboxylic acids is 1. The number of nitrogens with one attached hydrogen (secondary N) is 1. The molecule has 6 heteroatoms. The Kier molecular flexibility index (Phi) is 3.88. The number of carbonyl (C=O) groups is 1. The van der Waals surface area contributed by atoms with Crippen molar-refractivity contribution < 1.29 is 14.3 Å². The van der Waals surface area contributed by atoms with Crippen molar-refractivity contribution in [1.29, 1.82) is 5.26 Å². The van der Waals surface area contributed by atoms with Crippen LogP contribution in [0.3, 0.4) is 0 Å². The Balaban J connectivity index is 2.10. The molecule has 2 N–H and O–H groups in total. The Morgan fingerprint density at radius 3 is 2.84 bits per heavy atom. The molecule has 0 spiro atoms. The molecule has 0 aliphatic heterocycles. The number of hydrogen-bond acceptors (Lipinski definition) is 4. The van der Waals surface area contributed by atoms with Crippen molar-refractivity contribution in [3.63, 3.8) is 0 Å². The standard InChI is InChI=1S/C13H9BrN2O3/c14-9-1-3-11(8(5-9)6-15)16-7-10-2-4-12(19-10)13(17)18/h1-5,16H,7H2,(H,17,18). The van der Waals surface area contributed by atoms with E-state index in [4.69, 9.17) is 14.8 Å². The van der Waals surface area contributed by atoms with Crippen LogP contribution in [0.15, 0.2) is 39.2 Å². The number of nitriles is 1. The van der Waals surface area contributed by atoms with E-state index < -0.39 is 5.97 Å². The van der Waals surface area contributed by atoms with Gasteiger partial charge in [0, 0.05) is 4.47 Å². The molecule has 0 saturated heterocycles. The van der Waals surface area contributed by atoms with Crippen LogP contribution in [-0.2, 0) is 6.54 Å². The van der Waals surface area contributed by atoms with Gasteiger partial charge in [-0.2, -0.15) is 5.26 Å². The lowest BCUT2D eigenvalue weighted by molar-refractivity contribution is 0.0660. The van der Waals surface area contributed by atoms with E-state index in [9.17, 15) is 4.79 Å². The molecule has 0 aliphatic rings. The van der Waals surface area contributed by atoms with E-state index in [1.54, 1.807) is 18.2 Å². The summed E-state index contributed by atoms with van der Waals surface area (Å²) in [5.41, 5.74) is 1.17. The number of carboxylic acid groups (broad SMARTS) is 1. The summed E-state index contributed by atoms with van der Waals surface area (Å²) < 4.78 is 5.93. The Hall–Kier alpha value is -2.26. The van der Waals surface area contributed by atoms with Crippen LogP contribution in [0, 0.1) is 11.3 Å². The molecule has 0 saturated carbocycles. The number of rotatable bonds is 4. The van der Waals surface area contributed by atoms with Crippen LogP contribution in [0.2, 0.25) is 0 Å². The lowest BCUT2D eigenvalue weighted by atomic mass is 10.2. The van der Waals surface area contributed by atoms with E-state index >= 15 is 0 Å². The fourth-order valence-corrected chi connectivity index (χ4v) is 1.89. The first-order chi connectivity index (χ1) is 9.10. The third-order valence-corrected chi connectivity index (χ3v) is 2.92. The molecule has 0 atom stereocenters. The summed E-state index contributed by atoms with van der Waals surface area (Å²) in [5.74, 6) is -0.718. The van der Waals surface area contributed by atoms with Crippen molar-refractivity contribution >= 4 is 27.6 Å². The molecule has 0 bridgehead atoms. The molecule has 0 fully saturated rings. The van der Waals surface area contributed by atoms with Gasteiger partial charge in [0.1, 0.15) is 11.8 Å². The predicted molar refractivity (Wildman–Crippen MR) is 71.9 cm³/mol. The van der Waals surface area contributed by atoms with Crippen molar-refractivity contribution in [2.75, 3.05) is 5.32 Å². The molecule has 1 heterocycles. The molecule has 96 valence electrons. The van der Waals surface area contributed by atoms with Gasteiger partial charge in [-0.15, -0.1) is 0 Å². The summed E-state index contributed by atoms with van der Waals surface area (Å²) in [6.07, 6.45) is 0. The van der Waals surface area contributed by atoms with Gasteiger partial charge in [-0.25, -0.2) is 4.79 Å². The SMILES string of the molecule is N#Cc1cc(Br)ccc1NCc1ccc(C(=O)O)o1. The summed E-state index contributed by atoms with van der Waals surface area (Å²) >= 11 is 3.29. The second-order valence-corrected chi connectivity index (χ2v) is 4.64. The van der Waals surface area contributed by atoms with E-state index in [1.807, 2.05) is 6.07 Å². The zero-order valence-electron chi connectivity index (χ0n) is 9.68. The maximum Gasteiger partial charge on any atom is 0.371 e. The fourth-order valence-electron chi connectivity index (χ4n) is 1.53. The minimum Gasteiger partial charge on any atom is -0.475 e. The van der Waals surface area contributed by atoms with Gasteiger partial charge < -0.3 is 14.8 Å². The third-order valence-electron chi connectivity index (χ3n) is 2.43. The molecule has 0 amide bonds. The second-order valence-electron chi connectivity index (χ2n) is 3.73. The van der Waals surface area contributed by atoms with Crippen molar-refractivity contribution in [3.8, 4) is 6.07 Å². The molecule has 0 unspecified atom stereocenters. The Morgan fingerprint density at radius 1 is 1.42 bits per heavy atom. The van der Waals surface area contributed by atoms with Crippen LogP contribution in [0.4, 0.5) is 5.69 Å². The van der Waals surface area contributed by atoms with Crippen LogP contribution in [0.5, 0.6) is 0 Å². The maximum atomic E-state index is 10.7.